The lowest BCUT2D eigenvalue weighted by atomic mass is 10.0. The summed E-state index contributed by atoms with van der Waals surface area (Å²) in [5.74, 6) is -8.27. The predicted octanol–water partition coefficient (Wildman–Crippen LogP) is 3.07. The van der Waals surface area contributed by atoms with Crippen LogP contribution < -0.4 is 0 Å². The number of hydrogen-bond acceptors (Lipinski definition) is 8. The molecule has 0 aliphatic carbocycles. The van der Waals surface area contributed by atoms with Gasteiger partial charge in [0.05, 0.1) is 19.8 Å². The number of alkyl halides is 9. The van der Waals surface area contributed by atoms with E-state index in [1.54, 1.807) is 0 Å². The third kappa shape index (κ3) is 17.3. The number of aromatic nitrogens is 1. The molecule has 246 valence electrons. The Balaban J connectivity index is 0.000000690. The number of aliphatic carboxylic acids is 3. The zero-order valence-corrected chi connectivity index (χ0v) is 22.1. The molecule has 20 heteroatoms. The van der Waals surface area contributed by atoms with Crippen molar-refractivity contribution in [2.24, 2.45) is 0 Å². The molecule has 1 aromatic heterocycles. The average molecular weight is 645 g/mol. The molecule has 43 heavy (non-hydrogen) atoms. The molecular weight excluding hydrogens is 617 g/mol. The Hall–Kier alpha value is -3.49. The third-order valence-corrected chi connectivity index (χ3v) is 5.03. The zero-order valence-electron chi connectivity index (χ0n) is 22.1. The van der Waals surface area contributed by atoms with Gasteiger partial charge in [-0.25, -0.2) is 14.4 Å². The molecule has 11 nitrogen and oxygen atoms in total. The number of carboxylic acids is 3. The molecule has 0 radical (unpaired) electrons. The van der Waals surface area contributed by atoms with Crippen LogP contribution >= 0.6 is 0 Å². The number of pyridine rings is 1. The minimum absolute atomic E-state index is 0.217. The summed E-state index contributed by atoms with van der Waals surface area (Å²) in [6.45, 7) is 11.6. The van der Waals surface area contributed by atoms with Crippen molar-refractivity contribution in [2.45, 2.75) is 30.7 Å². The molecule has 3 rings (SSSR count). The molecule has 1 aromatic rings. The number of halogens is 9. The predicted molar refractivity (Wildman–Crippen MR) is 127 cm³/mol. The van der Waals surface area contributed by atoms with Crippen molar-refractivity contribution in [1.82, 2.24) is 14.8 Å². The first kappa shape index (κ1) is 39.5. The Morgan fingerprint density at radius 2 is 1.26 bits per heavy atom. The Kier molecular flexibility index (Phi) is 16.2. The van der Waals surface area contributed by atoms with Crippen molar-refractivity contribution in [3.63, 3.8) is 0 Å². The first-order valence-corrected chi connectivity index (χ1v) is 11.7. The van der Waals surface area contributed by atoms with Gasteiger partial charge >= 0.3 is 36.4 Å². The van der Waals surface area contributed by atoms with Gasteiger partial charge in [0, 0.05) is 51.7 Å². The lowest BCUT2D eigenvalue weighted by Crippen LogP contribution is -2.58. The third-order valence-electron chi connectivity index (χ3n) is 5.03. The van der Waals surface area contributed by atoms with Crippen LogP contribution in [0.4, 0.5) is 39.5 Å². The molecule has 2 fully saturated rings. The summed E-state index contributed by atoms with van der Waals surface area (Å²) in [5.41, 5.74) is 1.08. The van der Waals surface area contributed by atoms with Gasteiger partial charge in [-0.1, -0.05) is 6.08 Å². The molecular formula is C23H28F9N3O8. The SMILES string of the molecule is C=CCN1CCOCC2(C1)CN(Cc1ccncc1)CCO2.O=C(O)C(F)(F)F.O=C(O)C(F)(F)F.O=C(O)C(F)(F)F. The van der Waals surface area contributed by atoms with Crippen LogP contribution in [0.15, 0.2) is 37.2 Å². The first-order chi connectivity index (χ1) is 19.6. The summed E-state index contributed by atoms with van der Waals surface area (Å²) >= 11 is 0. The Morgan fingerprint density at radius 3 is 1.67 bits per heavy atom. The summed E-state index contributed by atoms with van der Waals surface area (Å²) < 4.78 is 107. The fourth-order valence-corrected chi connectivity index (χ4v) is 3.31. The topological polar surface area (TPSA) is 150 Å². The van der Waals surface area contributed by atoms with E-state index in [0.29, 0.717) is 6.61 Å². The normalized spacial score (nSPS) is 19.7. The van der Waals surface area contributed by atoms with Crippen LogP contribution in [0.25, 0.3) is 0 Å². The van der Waals surface area contributed by atoms with Gasteiger partial charge in [-0.3, -0.25) is 14.8 Å². The van der Waals surface area contributed by atoms with Crippen molar-refractivity contribution >= 4 is 17.9 Å². The molecule has 0 amide bonds. The Morgan fingerprint density at radius 1 is 0.837 bits per heavy atom. The van der Waals surface area contributed by atoms with E-state index >= 15 is 0 Å². The second-order valence-corrected chi connectivity index (χ2v) is 8.58. The van der Waals surface area contributed by atoms with Crippen LogP contribution in [-0.2, 0) is 30.4 Å². The number of rotatable bonds is 4. The molecule has 2 aliphatic rings. The van der Waals surface area contributed by atoms with E-state index in [-0.39, 0.29) is 5.60 Å². The fourth-order valence-electron chi connectivity index (χ4n) is 3.31. The maximum atomic E-state index is 10.6. The molecule has 2 saturated heterocycles. The van der Waals surface area contributed by atoms with Gasteiger partial charge in [0.1, 0.15) is 5.60 Å². The molecule has 3 N–H and O–H groups in total. The van der Waals surface area contributed by atoms with Crippen LogP contribution in [-0.4, -0.2) is 125 Å². The van der Waals surface area contributed by atoms with Gasteiger partial charge < -0.3 is 24.8 Å². The summed E-state index contributed by atoms with van der Waals surface area (Å²) in [6.07, 6.45) is -9.59. The molecule has 0 bridgehead atoms. The minimum atomic E-state index is -5.08. The van der Waals surface area contributed by atoms with E-state index in [4.69, 9.17) is 39.2 Å². The summed E-state index contributed by atoms with van der Waals surface area (Å²) in [5, 5.41) is 21.4. The molecule has 2 aliphatic heterocycles. The second-order valence-electron chi connectivity index (χ2n) is 8.58. The maximum Gasteiger partial charge on any atom is 0.490 e. The van der Waals surface area contributed by atoms with Gasteiger partial charge in [0.15, 0.2) is 0 Å². The molecule has 3 heterocycles. The summed E-state index contributed by atoms with van der Waals surface area (Å²) in [6, 6.07) is 4.16. The van der Waals surface area contributed by atoms with Crippen molar-refractivity contribution in [3.8, 4) is 0 Å². The summed E-state index contributed by atoms with van der Waals surface area (Å²) in [7, 11) is 0. The maximum absolute atomic E-state index is 10.6. The number of hydrogen-bond donors (Lipinski definition) is 3. The number of nitrogens with zero attached hydrogens (tertiary/aromatic N) is 3. The van der Waals surface area contributed by atoms with Crippen LogP contribution in [0.3, 0.4) is 0 Å². The molecule has 1 spiro atoms. The standard InChI is InChI=1S/C17H25N3O2.3C2HF3O2/c1-2-7-19-8-10-21-15-17(13-19)14-20(9-11-22-17)12-16-3-5-18-6-4-16;3*3-2(4,5)1(6)7/h2-6H,1,7-15H2;3*(H,6,7). The van der Waals surface area contributed by atoms with E-state index in [1.165, 1.54) is 5.56 Å². The van der Waals surface area contributed by atoms with Crippen molar-refractivity contribution in [3.05, 3.63) is 42.7 Å². The van der Waals surface area contributed by atoms with Crippen LogP contribution in [0.1, 0.15) is 5.56 Å². The largest absolute Gasteiger partial charge is 0.490 e. The highest BCUT2D eigenvalue weighted by Crippen LogP contribution is 2.24. The fraction of sp³-hybridized carbons (Fsp3) is 0.565. The van der Waals surface area contributed by atoms with E-state index in [9.17, 15) is 39.5 Å². The summed E-state index contributed by atoms with van der Waals surface area (Å²) in [4.78, 5) is 35.6. The van der Waals surface area contributed by atoms with Crippen LogP contribution in [0.5, 0.6) is 0 Å². The highest BCUT2D eigenvalue weighted by Gasteiger charge is 2.41. The Bertz CT molecular complexity index is 967. The van der Waals surface area contributed by atoms with E-state index in [2.05, 4.69) is 33.5 Å². The highest BCUT2D eigenvalue weighted by molar-refractivity contribution is 5.73. The van der Waals surface area contributed by atoms with E-state index < -0.39 is 36.4 Å². The Labute approximate surface area is 238 Å². The number of morpholine rings is 1. The van der Waals surface area contributed by atoms with E-state index in [0.717, 1.165) is 52.5 Å². The van der Waals surface area contributed by atoms with Crippen molar-refractivity contribution in [1.29, 1.82) is 0 Å². The molecule has 1 unspecified atom stereocenters. The molecule has 1 atom stereocenters. The number of ether oxygens (including phenoxy) is 2. The molecule has 0 aromatic carbocycles. The lowest BCUT2D eigenvalue weighted by Gasteiger charge is -2.43. The van der Waals surface area contributed by atoms with Crippen molar-refractivity contribution in [2.75, 3.05) is 52.5 Å². The van der Waals surface area contributed by atoms with Gasteiger partial charge in [0.2, 0.25) is 0 Å². The zero-order chi connectivity index (χ0) is 33.5. The van der Waals surface area contributed by atoms with Gasteiger partial charge in [-0.05, 0) is 17.7 Å². The van der Waals surface area contributed by atoms with Gasteiger partial charge in [-0.15, -0.1) is 6.58 Å². The monoisotopic (exact) mass is 645 g/mol. The van der Waals surface area contributed by atoms with Gasteiger partial charge in [0.25, 0.3) is 0 Å². The van der Waals surface area contributed by atoms with Crippen molar-refractivity contribution < 1.29 is 78.7 Å². The van der Waals surface area contributed by atoms with Gasteiger partial charge in [-0.2, -0.15) is 39.5 Å². The molecule has 0 saturated carbocycles. The first-order valence-electron chi connectivity index (χ1n) is 11.7. The quantitative estimate of drug-likeness (QED) is 0.328. The minimum Gasteiger partial charge on any atom is -0.475 e. The van der Waals surface area contributed by atoms with E-state index in [1.807, 2.05) is 18.5 Å². The highest BCUT2D eigenvalue weighted by atomic mass is 19.4. The smallest absolute Gasteiger partial charge is 0.475 e. The second kappa shape index (κ2) is 17.6. The van der Waals surface area contributed by atoms with Crippen LogP contribution in [0.2, 0.25) is 0 Å². The number of carbonyl (C=O) groups is 3. The lowest BCUT2D eigenvalue weighted by molar-refractivity contribution is -0.193. The average Bonchev–Trinajstić information content (AvgIpc) is 3.06. The van der Waals surface area contributed by atoms with Crippen LogP contribution in [0, 0.1) is 0 Å². The number of carboxylic acid groups (broad SMARTS) is 3.